The first-order valence-electron chi connectivity index (χ1n) is 15.9. The third kappa shape index (κ3) is 8.61. The third-order valence-electron chi connectivity index (χ3n) is 8.55. The van der Waals surface area contributed by atoms with Crippen LogP contribution in [0.5, 0.6) is 0 Å². The van der Waals surface area contributed by atoms with Crippen LogP contribution in [0.3, 0.4) is 0 Å². The molecule has 4 rings (SSSR count). The average molecular weight is 729 g/mol. The van der Waals surface area contributed by atoms with E-state index in [1.807, 2.05) is 6.92 Å². The number of rotatable bonds is 10. The molecule has 2 amide bonds. The minimum absolute atomic E-state index is 0.159. The van der Waals surface area contributed by atoms with Gasteiger partial charge in [0.2, 0.25) is 0 Å². The Balaban J connectivity index is 1.79. The van der Waals surface area contributed by atoms with Crippen LogP contribution in [0.4, 0.5) is 32.0 Å². The summed E-state index contributed by atoms with van der Waals surface area (Å²) in [5.41, 5.74) is -6.38. The summed E-state index contributed by atoms with van der Waals surface area (Å²) in [6.45, 7) is 8.57. The quantitative estimate of drug-likeness (QED) is 0.120. The number of carboxylic acid groups (broad SMARTS) is 2. The van der Waals surface area contributed by atoms with Crippen molar-refractivity contribution in [3.8, 4) is 22.3 Å². The highest BCUT2D eigenvalue weighted by Gasteiger charge is 2.39. The van der Waals surface area contributed by atoms with E-state index in [9.17, 15) is 55.7 Å². The molecule has 0 bridgehead atoms. The Morgan fingerprint density at radius 2 is 1.10 bits per heavy atom. The molecule has 0 saturated heterocycles. The molecule has 4 aromatic rings. The fraction of sp³-hybridized carbons (Fsp3) is 0.263. The molecule has 0 aliphatic carbocycles. The molecular formula is C38H34F6N2O6. The number of halogens is 6. The number of nitrogens with one attached hydrogen (secondary N) is 2. The molecule has 0 saturated carbocycles. The van der Waals surface area contributed by atoms with Gasteiger partial charge in [0.05, 0.1) is 33.4 Å². The number of aromatic carboxylic acids is 2. The lowest BCUT2D eigenvalue weighted by Crippen LogP contribution is -2.43. The van der Waals surface area contributed by atoms with Gasteiger partial charge in [0.25, 0.3) is 11.8 Å². The van der Waals surface area contributed by atoms with Crippen LogP contribution in [0.15, 0.2) is 72.8 Å². The van der Waals surface area contributed by atoms with Gasteiger partial charge >= 0.3 is 24.3 Å². The maximum absolute atomic E-state index is 14.4. The zero-order chi connectivity index (χ0) is 38.9. The second kappa shape index (κ2) is 14.5. The van der Waals surface area contributed by atoms with E-state index in [1.165, 1.54) is 24.3 Å². The van der Waals surface area contributed by atoms with E-state index in [4.69, 9.17) is 0 Å². The smallest absolute Gasteiger partial charge is 0.417 e. The molecule has 0 radical (unpaired) electrons. The zero-order valence-electron chi connectivity index (χ0n) is 28.5. The van der Waals surface area contributed by atoms with Crippen molar-refractivity contribution in [2.75, 3.05) is 5.32 Å². The summed E-state index contributed by atoms with van der Waals surface area (Å²) in [7, 11) is 0. The summed E-state index contributed by atoms with van der Waals surface area (Å²) in [6, 6.07) is 12.5. The van der Waals surface area contributed by atoms with Crippen molar-refractivity contribution in [1.29, 1.82) is 0 Å². The van der Waals surface area contributed by atoms with Crippen molar-refractivity contribution in [2.24, 2.45) is 0 Å². The van der Waals surface area contributed by atoms with E-state index in [-0.39, 0.29) is 33.7 Å². The van der Waals surface area contributed by atoms with Crippen molar-refractivity contribution in [3.63, 3.8) is 0 Å². The normalized spacial score (nSPS) is 12.1. The lowest BCUT2D eigenvalue weighted by molar-refractivity contribution is -0.139. The molecule has 4 aromatic carbocycles. The van der Waals surface area contributed by atoms with Gasteiger partial charge in [0.1, 0.15) is 0 Å². The van der Waals surface area contributed by atoms with Crippen LogP contribution in [0, 0.1) is 0 Å². The van der Waals surface area contributed by atoms with Crippen LogP contribution in [-0.2, 0) is 12.4 Å². The summed E-state index contributed by atoms with van der Waals surface area (Å²) in [5.74, 6) is -5.15. The number of amides is 2. The molecule has 0 unspecified atom stereocenters. The first kappa shape index (κ1) is 39.1. The van der Waals surface area contributed by atoms with Gasteiger partial charge in [-0.25, -0.2) is 9.59 Å². The standard InChI is InChI=1S/C38H34F6N2O6/c1-6-36(4,5)46-33(48)29-16-22(9-13-27(29)35(51)52)21-8-12-26(34(49)50)28(15-21)32(47)45-23-10-14-25(31(18-23)38(42,43)44)24-11-7-20(19(2)3)17-30(24)37(39,40)41/h7-19H,6H2,1-5H3,(H,45,47)(H,46,48)(H,49,50)(H,51,52). The molecule has 274 valence electrons. The zero-order valence-corrected chi connectivity index (χ0v) is 28.5. The number of anilines is 1. The van der Waals surface area contributed by atoms with E-state index >= 15 is 0 Å². The number of carbonyl (C=O) groups is 4. The molecule has 8 nitrogen and oxygen atoms in total. The van der Waals surface area contributed by atoms with Gasteiger partial charge in [-0.1, -0.05) is 51.1 Å². The Bertz CT molecular complexity index is 2070. The number of benzene rings is 4. The van der Waals surface area contributed by atoms with E-state index in [0.29, 0.717) is 12.5 Å². The lowest BCUT2D eigenvalue weighted by Gasteiger charge is -2.25. The van der Waals surface area contributed by atoms with Crippen molar-refractivity contribution in [2.45, 2.75) is 64.8 Å². The highest BCUT2D eigenvalue weighted by Crippen LogP contribution is 2.44. The second-order valence-electron chi connectivity index (χ2n) is 13.0. The highest BCUT2D eigenvalue weighted by molar-refractivity contribution is 6.12. The van der Waals surface area contributed by atoms with Gasteiger partial charge in [-0.2, -0.15) is 26.3 Å². The monoisotopic (exact) mass is 728 g/mol. The molecule has 14 heteroatoms. The fourth-order valence-corrected chi connectivity index (χ4v) is 5.34. The van der Waals surface area contributed by atoms with Crippen LogP contribution in [0.1, 0.15) is 105 Å². The number of carboxylic acids is 2. The van der Waals surface area contributed by atoms with Crippen molar-refractivity contribution in [1.82, 2.24) is 5.32 Å². The molecule has 0 aliphatic rings. The van der Waals surface area contributed by atoms with E-state index in [0.717, 1.165) is 42.5 Å². The predicted molar refractivity (Wildman–Crippen MR) is 182 cm³/mol. The largest absolute Gasteiger partial charge is 0.478 e. The maximum atomic E-state index is 14.4. The molecule has 4 N–H and O–H groups in total. The fourth-order valence-electron chi connectivity index (χ4n) is 5.34. The van der Waals surface area contributed by atoms with Gasteiger partial charge in [-0.15, -0.1) is 0 Å². The number of carbonyl (C=O) groups excluding carboxylic acids is 2. The van der Waals surface area contributed by atoms with Crippen molar-refractivity contribution in [3.05, 3.63) is 112 Å². The van der Waals surface area contributed by atoms with Crippen LogP contribution < -0.4 is 10.6 Å². The summed E-state index contributed by atoms with van der Waals surface area (Å²) < 4.78 is 85.3. The van der Waals surface area contributed by atoms with Gasteiger partial charge in [0.15, 0.2) is 0 Å². The van der Waals surface area contributed by atoms with Crippen molar-refractivity contribution >= 4 is 29.4 Å². The van der Waals surface area contributed by atoms with Gasteiger partial charge in [-0.3, -0.25) is 9.59 Å². The SMILES string of the molecule is CCC(C)(C)NC(=O)c1cc(-c2ccc(C(=O)O)c(C(=O)Nc3ccc(-c4ccc(C(C)C)cc4C(F)(F)F)c(C(F)(F)F)c3)c2)ccc1C(=O)O. The Morgan fingerprint density at radius 1 is 0.635 bits per heavy atom. The average Bonchev–Trinajstić information content (AvgIpc) is 3.06. The number of hydrogen-bond donors (Lipinski definition) is 4. The molecule has 52 heavy (non-hydrogen) atoms. The summed E-state index contributed by atoms with van der Waals surface area (Å²) >= 11 is 0. The Labute approximate surface area is 294 Å². The van der Waals surface area contributed by atoms with Gasteiger partial charge in [-0.05, 0) is 96.5 Å². The van der Waals surface area contributed by atoms with E-state index in [2.05, 4.69) is 10.6 Å². The summed E-state index contributed by atoms with van der Waals surface area (Å²) in [4.78, 5) is 50.6. The minimum Gasteiger partial charge on any atom is -0.478 e. The maximum Gasteiger partial charge on any atom is 0.417 e. The van der Waals surface area contributed by atoms with Crippen LogP contribution in [0.25, 0.3) is 22.3 Å². The Morgan fingerprint density at radius 3 is 1.54 bits per heavy atom. The van der Waals surface area contributed by atoms with Gasteiger partial charge < -0.3 is 20.8 Å². The molecule has 0 fully saturated rings. The van der Waals surface area contributed by atoms with E-state index < -0.39 is 80.7 Å². The topological polar surface area (TPSA) is 133 Å². The van der Waals surface area contributed by atoms with Crippen LogP contribution in [-0.4, -0.2) is 39.5 Å². The molecule has 0 heterocycles. The molecule has 0 spiro atoms. The first-order valence-corrected chi connectivity index (χ1v) is 15.9. The number of alkyl halides is 6. The Kier molecular flexibility index (Phi) is 10.9. The molecule has 0 aromatic heterocycles. The van der Waals surface area contributed by atoms with Crippen LogP contribution >= 0.6 is 0 Å². The molecule has 0 atom stereocenters. The van der Waals surface area contributed by atoms with Crippen molar-refractivity contribution < 1.29 is 55.7 Å². The summed E-state index contributed by atoms with van der Waals surface area (Å²) in [6.07, 6.45) is -9.64. The number of hydrogen-bond acceptors (Lipinski definition) is 4. The lowest BCUT2D eigenvalue weighted by atomic mass is 9.90. The second-order valence-corrected chi connectivity index (χ2v) is 13.0. The van der Waals surface area contributed by atoms with Gasteiger partial charge in [0, 0.05) is 11.2 Å². The Hall–Kier alpha value is -5.66. The first-order chi connectivity index (χ1) is 24.0. The van der Waals surface area contributed by atoms with E-state index in [1.54, 1.807) is 27.7 Å². The highest BCUT2D eigenvalue weighted by atomic mass is 19.4. The van der Waals surface area contributed by atoms with Crippen LogP contribution in [0.2, 0.25) is 0 Å². The summed E-state index contributed by atoms with van der Waals surface area (Å²) in [5, 5.41) is 24.5. The third-order valence-corrected chi connectivity index (χ3v) is 8.55. The molecular weight excluding hydrogens is 694 g/mol. The predicted octanol–water partition coefficient (Wildman–Crippen LogP) is 9.75. The molecule has 0 aliphatic heterocycles. The minimum atomic E-state index is -5.17.